The summed E-state index contributed by atoms with van der Waals surface area (Å²) >= 11 is 0. The van der Waals surface area contributed by atoms with Crippen molar-refractivity contribution in [1.29, 1.82) is 0 Å². The van der Waals surface area contributed by atoms with Crippen molar-refractivity contribution >= 4 is 24.0 Å². The van der Waals surface area contributed by atoms with Gasteiger partial charge in [-0.05, 0) is 50.2 Å². The van der Waals surface area contributed by atoms with Gasteiger partial charge < -0.3 is 9.74 Å². The highest BCUT2D eigenvalue weighted by Gasteiger charge is 2.41. The Morgan fingerprint density at radius 1 is 1.12 bits per heavy atom. The summed E-state index contributed by atoms with van der Waals surface area (Å²) in [6.45, 7) is 14.9. The number of hydrogen-bond donors (Lipinski definition) is 2. The third-order valence-corrected chi connectivity index (χ3v) is 10.5. The van der Waals surface area contributed by atoms with Crippen LogP contribution in [0.4, 0.5) is 5.69 Å². The molecule has 0 amide bonds. The van der Waals surface area contributed by atoms with Crippen LogP contribution in [0.25, 0.3) is 0 Å². The van der Waals surface area contributed by atoms with Crippen LogP contribution in [0.15, 0.2) is 29.2 Å². The van der Waals surface area contributed by atoms with Crippen molar-refractivity contribution in [3.05, 3.63) is 24.3 Å². The number of rotatable bonds is 7. The van der Waals surface area contributed by atoms with Gasteiger partial charge in [0.05, 0.1) is 10.5 Å². The molecule has 0 aliphatic heterocycles. The van der Waals surface area contributed by atoms with Gasteiger partial charge in [-0.1, -0.05) is 26.8 Å². The molecular weight excluding hydrogens is 340 g/mol. The lowest BCUT2D eigenvalue weighted by molar-refractivity contribution is 0.0965. The molecule has 1 rings (SSSR count). The Morgan fingerprint density at radius 2 is 1.71 bits per heavy atom. The lowest BCUT2D eigenvalue weighted by Gasteiger charge is -2.42. The number of sulfonamides is 1. The van der Waals surface area contributed by atoms with E-state index in [1.54, 1.807) is 25.2 Å². The van der Waals surface area contributed by atoms with Crippen LogP contribution < -0.4 is 10.0 Å². The van der Waals surface area contributed by atoms with Gasteiger partial charge in [0.15, 0.2) is 8.32 Å². The van der Waals surface area contributed by atoms with Gasteiger partial charge in [-0.25, -0.2) is 13.1 Å². The highest BCUT2D eigenvalue weighted by Crippen LogP contribution is 2.39. The maximum Gasteiger partial charge on any atom is 0.240 e. The molecule has 0 fully saturated rings. The van der Waals surface area contributed by atoms with Gasteiger partial charge >= 0.3 is 0 Å². The maximum atomic E-state index is 12.5. The lowest BCUT2D eigenvalue weighted by Crippen LogP contribution is -2.51. The van der Waals surface area contributed by atoms with E-state index in [2.05, 4.69) is 43.9 Å². The topological polar surface area (TPSA) is 67.4 Å². The highest BCUT2D eigenvalue weighted by molar-refractivity contribution is 7.89. The smallest absolute Gasteiger partial charge is 0.240 e. The fraction of sp³-hybridized carbons (Fsp3) is 0.647. The molecule has 138 valence electrons. The number of anilines is 1. The van der Waals surface area contributed by atoms with Crippen molar-refractivity contribution in [3.63, 3.8) is 0 Å². The van der Waals surface area contributed by atoms with Crippen LogP contribution in [0, 0.1) is 0 Å². The van der Waals surface area contributed by atoms with Crippen molar-refractivity contribution in [2.24, 2.45) is 0 Å². The van der Waals surface area contributed by atoms with Crippen LogP contribution >= 0.6 is 0 Å². The predicted molar refractivity (Wildman–Crippen MR) is 104 cm³/mol. The molecule has 24 heavy (non-hydrogen) atoms. The van der Waals surface area contributed by atoms with Crippen molar-refractivity contribution < 1.29 is 12.8 Å². The first-order valence-corrected chi connectivity index (χ1v) is 12.6. The van der Waals surface area contributed by atoms with Gasteiger partial charge in [-0.2, -0.15) is 0 Å². The van der Waals surface area contributed by atoms with E-state index >= 15 is 0 Å². The first-order chi connectivity index (χ1) is 10.7. The lowest BCUT2D eigenvalue weighted by atomic mass is 10.1. The van der Waals surface area contributed by atoms with Gasteiger partial charge in [0, 0.05) is 19.3 Å². The Bertz CT molecular complexity index is 665. The minimum atomic E-state index is -3.57. The van der Waals surface area contributed by atoms with Gasteiger partial charge in [0.1, 0.15) is 0 Å². The van der Waals surface area contributed by atoms with Crippen molar-refractivity contribution in [2.75, 3.05) is 18.9 Å². The Morgan fingerprint density at radius 3 is 2.21 bits per heavy atom. The molecule has 0 spiro atoms. The molecule has 0 atom stereocenters. The summed E-state index contributed by atoms with van der Waals surface area (Å²) in [4.78, 5) is 0.248. The largest absolute Gasteiger partial charge is 0.411 e. The van der Waals surface area contributed by atoms with Gasteiger partial charge in [0.2, 0.25) is 10.0 Å². The molecule has 0 heterocycles. The van der Waals surface area contributed by atoms with Gasteiger partial charge in [-0.3, -0.25) is 0 Å². The molecule has 0 aromatic heterocycles. The average molecular weight is 373 g/mol. The molecule has 0 saturated carbocycles. The van der Waals surface area contributed by atoms with Crippen LogP contribution in [0.5, 0.6) is 0 Å². The Balaban J connectivity index is 2.86. The summed E-state index contributed by atoms with van der Waals surface area (Å²) in [5.41, 5.74) is 0.186. The molecule has 0 radical (unpaired) electrons. The monoisotopic (exact) mass is 372 g/mol. The Hall–Kier alpha value is -0.893. The van der Waals surface area contributed by atoms with E-state index in [1.165, 1.54) is 0 Å². The third kappa shape index (κ3) is 5.58. The molecule has 1 aromatic carbocycles. The zero-order valence-electron chi connectivity index (χ0n) is 16.1. The second kappa shape index (κ2) is 7.15. The Kier molecular flexibility index (Phi) is 6.30. The zero-order valence-corrected chi connectivity index (χ0v) is 18.0. The van der Waals surface area contributed by atoms with E-state index in [1.807, 2.05) is 19.9 Å². The molecule has 2 N–H and O–H groups in total. The fourth-order valence-electron chi connectivity index (χ4n) is 2.05. The van der Waals surface area contributed by atoms with Gasteiger partial charge in [0.25, 0.3) is 0 Å². The van der Waals surface area contributed by atoms with E-state index < -0.39 is 23.9 Å². The van der Waals surface area contributed by atoms with Crippen molar-refractivity contribution in [3.8, 4) is 0 Å². The predicted octanol–water partition coefficient (Wildman–Crippen LogP) is 3.81. The SMILES string of the molecule is CNc1cccc(S(=O)(=O)NCC(C)(C)O[Si](C)(C)C(C)(C)C)c1. The summed E-state index contributed by atoms with van der Waals surface area (Å²) in [5, 5.41) is 3.02. The molecule has 0 unspecified atom stereocenters. The number of benzene rings is 1. The summed E-state index contributed by atoms with van der Waals surface area (Å²) in [6, 6.07) is 6.75. The van der Waals surface area contributed by atoms with Crippen LogP contribution in [0.1, 0.15) is 34.6 Å². The van der Waals surface area contributed by atoms with E-state index in [-0.39, 0.29) is 16.5 Å². The maximum absolute atomic E-state index is 12.5. The second-order valence-corrected chi connectivity index (χ2v) is 14.7. The first kappa shape index (κ1) is 21.2. The number of nitrogens with one attached hydrogen (secondary N) is 2. The second-order valence-electron chi connectivity index (χ2n) is 8.22. The van der Waals surface area contributed by atoms with Crippen LogP contribution in [-0.4, -0.2) is 35.9 Å². The van der Waals surface area contributed by atoms with E-state index in [9.17, 15) is 8.42 Å². The van der Waals surface area contributed by atoms with E-state index in [0.29, 0.717) is 0 Å². The molecular formula is C17H32N2O3SSi. The van der Waals surface area contributed by atoms with Crippen molar-refractivity contribution in [1.82, 2.24) is 4.72 Å². The standard InChI is InChI=1S/C17H32N2O3SSi/c1-16(2,3)24(7,8)22-17(4,5)13-19-23(20,21)15-11-9-10-14(12-15)18-6/h9-12,18-19H,13H2,1-8H3. The van der Waals surface area contributed by atoms with Crippen LogP contribution in [0.2, 0.25) is 18.1 Å². The molecule has 5 nitrogen and oxygen atoms in total. The molecule has 0 aliphatic rings. The summed E-state index contributed by atoms with van der Waals surface area (Å²) in [5.74, 6) is 0. The average Bonchev–Trinajstić information content (AvgIpc) is 2.43. The first-order valence-electron chi connectivity index (χ1n) is 8.18. The summed E-state index contributed by atoms with van der Waals surface area (Å²) in [7, 11) is -3.79. The highest BCUT2D eigenvalue weighted by atomic mass is 32.2. The molecule has 0 saturated heterocycles. The third-order valence-electron chi connectivity index (χ3n) is 4.46. The molecule has 0 aliphatic carbocycles. The van der Waals surface area contributed by atoms with Gasteiger partial charge in [-0.15, -0.1) is 0 Å². The summed E-state index contributed by atoms with van der Waals surface area (Å²) in [6.07, 6.45) is 0. The molecule has 1 aromatic rings. The van der Waals surface area contributed by atoms with E-state index in [4.69, 9.17) is 4.43 Å². The normalized spacial score (nSPS) is 13.8. The summed E-state index contributed by atoms with van der Waals surface area (Å²) < 4.78 is 34.1. The number of hydrogen-bond acceptors (Lipinski definition) is 4. The van der Waals surface area contributed by atoms with E-state index in [0.717, 1.165) is 5.69 Å². The Labute approximate surface area is 148 Å². The quantitative estimate of drug-likeness (QED) is 0.714. The van der Waals surface area contributed by atoms with Crippen molar-refractivity contribution in [2.45, 2.75) is 63.2 Å². The fourth-order valence-corrected chi connectivity index (χ4v) is 5.05. The molecule has 7 heteroatoms. The van der Waals surface area contributed by atoms with Crippen LogP contribution in [-0.2, 0) is 14.4 Å². The van der Waals surface area contributed by atoms with Crippen LogP contribution in [0.3, 0.4) is 0 Å². The zero-order chi connectivity index (χ0) is 18.8. The minimum absolute atomic E-state index is 0.0737. The minimum Gasteiger partial charge on any atom is -0.411 e. The molecule has 0 bridgehead atoms.